The van der Waals surface area contributed by atoms with Gasteiger partial charge < -0.3 is 14.6 Å². The molecule has 0 aromatic rings. The van der Waals surface area contributed by atoms with Crippen molar-refractivity contribution in [1.82, 2.24) is 0 Å². The summed E-state index contributed by atoms with van der Waals surface area (Å²) in [6.45, 7) is 3.68. The standard InChI is InChI=1S/C6H13ClO3/c1-5(8)10-6(2)9-4-3-7/h5-6,8H,3-4H2,1-2H3. The Morgan fingerprint density at radius 1 is 1.50 bits per heavy atom. The molecule has 0 aliphatic carbocycles. The van der Waals surface area contributed by atoms with Gasteiger partial charge in [-0.15, -0.1) is 11.6 Å². The number of halogens is 1. The quantitative estimate of drug-likeness (QED) is 0.491. The lowest BCUT2D eigenvalue weighted by Gasteiger charge is -2.14. The van der Waals surface area contributed by atoms with E-state index in [9.17, 15) is 0 Å². The molecule has 62 valence electrons. The van der Waals surface area contributed by atoms with E-state index in [2.05, 4.69) is 0 Å². The maximum Gasteiger partial charge on any atom is 0.157 e. The minimum atomic E-state index is -0.787. The van der Waals surface area contributed by atoms with Crippen molar-refractivity contribution in [3.63, 3.8) is 0 Å². The summed E-state index contributed by atoms with van der Waals surface area (Å²) in [5.41, 5.74) is 0. The van der Waals surface area contributed by atoms with Crippen LogP contribution in [0.5, 0.6) is 0 Å². The van der Waals surface area contributed by atoms with Gasteiger partial charge in [-0.25, -0.2) is 0 Å². The molecule has 1 N–H and O–H groups in total. The third-order valence-electron chi connectivity index (χ3n) is 0.818. The van der Waals surface area contributed by atoms with Gasteiger partial charge in [-0.2, -0.15) is 0 Å². The van der Waals surface area contributed by atoms with Crippen molar-refractivity contribution in [3.8, 4) is 0 Å². The van der Waals surface area contributed by atoms with E-state index < -0.39 is 12.6 Å². The summed E-state index contributed by atoms with van der Waals surface area (Å²) in [7, 11) is 0. The summed E-state index contributed by atoms with van der Waals surface area (Å²) < 4.78 is 9.81. The Morgan fingerprint density at radius 3 is 2.50 bits per heavy atom. The highest BCUT2D eigenvalue weighted by Gasteiger charge is 2.03. The van der Waals surface area contributed by atoms with E-state index in [-0.39, 0.29) is 0 Å². The van der Waals surface area contributed by atoms with E-state index in [1.54, 1.807) is 6.92 Å². The van der Waals surface area contributed by atoms with Gasteiger partial charge in [-0.05, 0) is 13.8 Å². The molecule has 0 aromatic carbocycles. The van der Waals surface area contributed by atoms with Crippen LogP contribution in [0.25, 0.3) is 0 Å². The lowest BCUT2D eigenvalue weighted by atomic mass is 10.7. The van der Waals surface area contributed by atoms with Crippen LogP contribution < -0.4 is 0 Å². The predicted molar refractivity (Wildman–Crippen MR) is 38.9 cm³/mol. The number of aliphatic hydroxyl groups excluding tert-OH is 1. The predicted octanol–water partition coefficient (Wildman–Crippen LogP) is 0.943. The van der Waals surface area contributed by atoms with Crippen molar-refractivity contribution in [2.45, 2.75) is 26.4 Å². The van der Waals surface area contributed by atoms with Crippen LogP contribution in [0, 0.1) is 0 Å². The number of ether oxygens (including phenoxy) is 2. The average molecular weight is 169 g/mol. The number of hydrogen-bond donors (Lipinski definition) is 1. The average Bonchev–Trinajstić information content (AvgIpc) is 1.82. The highest BCUT2D eigenvalue weighted by Crippen LogP contribution is 1.96. The van der Waals surface area contributed by atoms with Crippen LogP contribution >= 0.6 is 11.6 Å². The number of rotatable bonds is 5. The molecule has 10 heavy (non-hydrogen) atoms. The van der Waals surface area contributed by atoms with Gasteiger partial charge in [0.1, 0.15) is 0 Å². The number of hydrogen-bond acceptors (Lipinski definition) is 3. The lowest BCUT2D eigenvalue weighted by Crippen LogP contribution is -2.20. The summed E-state index contributed by atoms with van der Waals surface area (Å²) in [5.74, 6) is 0.438. The van der Waals surface area contributed by atoms with Gasteiger partial charge in [0.2, 0.25) is 0 Å². The molecule has 0 spiro atoms. The molecule has 0 amide bonds. The molecule has 2 atom stereocenters. The molecule has 0 aliphatic heterocycles. The van der Waals surface area contributed by atoms with E-state index in [0.717, 1.165) is 0 Å². The molecule has 0 saturated carbocycles. The summed E-state index contributed by atoms with van der Waals surface area (Å²) in [6, 6.07) is 0. The molecule has 0 fully saturated rings. The fraction of sp³-hybridized carbons (Fsp3) is 1.00. The summed E-state index contributed by atoms with van der Waals surface area (Å²) in [6.07, 6.45) is -1.18. The van der Waals surface area contributed by atoms with Crippen LogP contribution in [0.1, 0.15) is 13.8 Å². The molecule has 0 bridgehead atoms. The Labute approximate surface area is 65.9 Å². The normalized spacial score (nSPS) is 16.8. The van der Waals surface area contributed by atoms with E-state index in [0.29, 0.717) is 12.5 Å². The Morgan fingerprint density at radius 2 is 2.10 bits per heavy atom. The van der Waals surface area contributed by atoms with Gasteiger partial charge in [-0.3, -0.25) is 0 Å². The van der Waals surface area contributed by atoms with Gasteiger partial charge >= 0.3 is 0 Å². The minimum absolute atomic E-state index is 0.390. The molecular weight excluding hydrogens is 156 g/mol. The smallest absolute Gasteiger partial charge is 0.157 e. The summed E-state index contributed by atoms with van der Waals surface area (Å²) >= 11 is 5.34. The van der Waals surface area contributed by atoms with Gasteiger partial charge in [0.25, 0.3) is 0 Å². The third-order valence-corrected chi connectivity index (χ3v) is 0.973. The lowest BCUT2D eigenvalue weighted by molar-refractivity contribution is -0.211. The van der Waals surface area contributed by atoms with Crippen LogP contribution in [-0.2, 0) is 9.47 Å². The molecule has 0 aromatic heterocycles. The van der Waals surface area contributed by atoms with Crippen molar-refractivity contribution in [3.05, 3.63) is 0 Å². The first-order valence-corrected chi connectivity index (χ1v) is 3.71. The monoisotopic (exact) mass is 168 g/mol. The van der Waals surface area contributed by atoms with Gasteiger partial charge in [0.15, 0.2) is 12.6 Å². The molecule has 2 unspecified atom stereocenters. The largest absolute Gasteiger partial charge is 0.368 e. The van der Waals surface area contributed by atoms with Crippen LogP contribution in [0.3, 0.4) is 0 Å². The molecule has 3 nitrogen and oxygen atoms in total. The van der Waals surface area contributed by atoms with Gasteiger partial charge in [0, 0.05) is 5.88 Å². The van der Waals surface area contributed by atoms with E-state index >= 15 is 0 Å². The van der Waals surface area contributed by atoms with Crippen LogP contribution in [-0.4, -0.2) is 30.2 Å². The van der Waals surface area contributed by atoms with Crippen LogP contribution in [0.15, 0.2) is 0 Å². The van der Waals surface area contributed by atoms with E-state index in [1.165, 1.54) is 6.92 Å². The Hall–Kier alpha value is 0.170. The third kappa shape index (κ3) is 6.29. The van der Waals surface area contributed by atoms with E-state index in [1.807, 2.05) is 0 Å². The SMILES string of the molecule is CC(O)OC(C)OCCCl. The van der Waals surface area contributed by atoms with Crippen molar-refractivity contribution in [1.29, 1.82) is 0 Å². The summed E-state index contributed by atoms with van der Waals surface area (Å²) in [5, 5.41) is 8.69. The van der Waals surface area contributed by atoms with Crippen molar-refractivity contribution in [2.24, 2.45) is 0 Å². The highest BCUT2D eigenvalue weighted by atomic mass is 35.5. The Bertz CT molecular complexity index is 77.4. The number of alkyl halides is 1. The first-order valence-electron chi connectivity index (χ1n) is 3.18. The van der Waals surface area contributed by atoms with Crippen LogP contribution in [0.4, 0.5) is 0 Å². The zero-order valence-electron chi connectivity index (χ0n) is 6.21. The fourth-order valence-corrected chi connectivity index (χ4v) is 0.616. The zero-order chi connectivity index (χ0) is 7.98. The maximum atomic E-state index is 8.69. The minimum Gasteiger partial charge on any atom is -0.368 e. The van der Waals surface area contributed by atoms with Crippen molar-refractivity contribution >= 4 is 11.6 Å². The van der Waals surface area contributed by atoms with Crippen LogP contribution in [0.2, 0.25) is 0 Å². The molecule has 4 heteroatoms. The summed E-state index contributed by atoms with van der Waals surface area (Å²) in [4.78, 5) is 0. The molecule has 0 radical (unpaired) electrons. The Balaban J connectivity index is 3.16. The molecule has 0 rings (SSSR count). The van der Waals surface area contributed by atoms with Crippen molar-refractivity contribution in [2.75, 3.05) is 12.5 Å². The Kier molecular flexibility index (Phi) is 6.02. The molecule has 0 saturated heterocycles. The van der Waals surface area contributed by atoms with Crippen molar-refractivity contribution < 1.29 is 14.6 Å². The van der Waals surface area contributed by atoms with Gasteiger partial charge in [0.05, 0.1) is 6.61 Å². The second-order valence-corrected chi connectivity index (χ2v) is 2.24. The second-order valence-electron chi connectivity index (χ2n) is 1.86. The topological polar surface area (TPSA) is 38.7 Å². The van der Waals surface area contributed by atoms with E-state index in [4.69, 9.17) is 26.2 Å². The molecular formula is C6H13ClO3. The van der Waals surface area contributed by atoms with Gasteiger partial charge in [-0.1, -0.05) is 0 Å². The second kappa shape index (κ2) is 5.92. The molecule has 0 heterocycles. The maximum absolute atomic E-state index is 8.69. The fourth-order valence-electron chi connectivity index (χ4n) is 0.527. The zero-order valence-corrected chi connectivity index (χ0v) is 6.97. The first-order chi connectivity index (χ1) is 4.66. The number of aliphatic hydroxyl groups is 1. The first kappa shape index (κ1) is 10.2. The highest BCUT2D eigenvalue weighted by molar-refractivity contribution is 6.17. The molecule has 0 aliphatic rings.